The summed E-state index contributed by atoms with van der Waals surface area (Å²) in [5.41, 5.74) is 9.07. The van der Waals surface area contributed by atoms with E-state index in [9.17, 15) is 4.79 Å². The fourth-order valence-electron chi connectivity index (χ4n) is 16.3. The average Bonchev–Trinajstić information content (AvgIpc) is 3.62. The molecule has 2 saturated carbocycles. The van der Waals surface area contributed by atoms with Crippen LogP contribution in [0.1, 0.15) is 119 Å². The molecule has 4 saturated heterocycles. The van der Waals surface area contributed by atoms with Gasteiger partial charge in [0.2, 0.25) is 0 Å². The normalized spacial score (nSPS) is 47.2. The fourth-order valence-corrected chi connectivity index (χ4v) is 16.3. The second-order valence-electron chi connectivity index (χ2n) is 19.7. The van der Waals surface area contributed by atoms with E-state index in [0.29, 0.717) is 36.4 Å². The molecule has 13 aliphatic rings. The number of fused-ring (bicyclic) bond motifs is 2. The first kappa shape index (κ1) is 34.5. The molecule has 4 aliphatic carbocycles. The first-order valence-corrected chi connectivity index (χ1v) is 22.3. The highest BCUT2D eigenvalue weighted by Gasteiger charge is 2.92. The minimum absolute atomic E-state index is 0.0765. The molecule has 6 fully saturated rings. The van der Waals surface area contributed by atoms with Gasteiger partial charge in [0.25, 0.3) is 0 Å². The van der Waals surface area contributed by atoms with Crippen LogP contribution >= 0.6 is 0 Å². The highest BCUT2D eigenvalue weighted by Crippen LogP contribution is 2.86. The van der Waals surface area contributed by atoms with E-state index in [1.807, 2.05) is 4.90 Å². The number of nitrogens with two attached hydrogens (primary N) is 1. The Balaban J connectivity index is 1.17. The molecular formula is C47H62N3O4+. The number of nitrogens with one attached hydrogen (secondary N) is 1. The van der Waals surface area contributed by atoms with Gasteiger partial charge < -0.3 is 20.1 Å². The molecule has 0 aromatic heterocycles. The van der Waals surface area contributed by atoms with Gasteiger partial charge in [0.1, 0.15) is 11.2 Å². The summed E-state index contributed by atoms with van der Waals surface area (Å²) in [6, 6.07) is 8.18. The number of allylic oxidation sites excluding steroid dienone is 2. The molecule has 9 aliphatic heterocycles. The second-order valence-corrected chi connectivity index (χ2v) is 19.7. The predicted molar refractivity (Wildman–Crippen MR) is 207 cm³/mol. The van der Waals surface area contributed by atoms with Gasteiger partial charge in [-0.2, -0.15) is 0 Å². The van der Waals surface area contributed by atoms with Gasteiger partial charge in [0.15, 0.2) is 5.60 Å². The molecule has 2 spiro atoms. The molecule has 3 N–H and O–H groups in total. The third-order valence-electron chi connectivity index (χ3n) is 17.7. The lowest BCUT2D eigenvalue weighted by atomic mass is 9.29. The summed E-state index contributed by atoms with van der Waals surface area (Å²) in [5.74, 6) is 4.23. The molecule has 1 aromatic rings. The number of hydrogen-bond donors (Lipinski definition) is 2. The Morgan fingerprint density at radius 2 is 1.93 bits per heavy atom. The quantitative estimate of drug-likeness (QED) is 0.322. The monoisotopic (exact) mass is 732 g/mol. The Morgan fingerprint density at radius 1 is 1.06 bits per heavy atom. The molecule has 54 heavy (non-hydrogen) atoms. The first-order valence-electron chi connectivity index (χ1n) is 22.3. The number of piperidine rings is 3. The Kier molecular flexibility index (Phi) is 7.75. The third kappa shape index (κ3) is 4.00. The number of rotatable bonds is 7. The van der Waals surface area contributed by atoms with Crippen LogP contribution < -0.4 is 10.6 Å². The van der Waals surface area contributed by atoms with E-state index in [1.54, 1.807) is 5.57 Å². The number of esters is 2. The van der Waals surface area contributed by atoms with Gasteiger partial charge in [-0.05, 0) is 99.8 Å². The van der Waals surface area contributed by atoms with E-state index in [-0.39, 0.29) is 17.9 Å². The zero-order chi connectivity index (χ0) is 36.7. The average molecular weight is 733 g/mol. The summed E-state index contributed by atoms with van der Waals surface area (Å²) < 4.78 is 13.9. The van der Waals surface area contributed by atoms with Crippen molar-refractivity contribution in [3.63, 3.8) is 0 Å². The highest BCUT2D eigenvalue weighted by atomic mass is 16.6. The van der Waals surface area contributed by atoms with E-state index >= 15 is 4.79 Å². The Morgan fingerprint density at radius 3 is 2.76 bits per heavy atom. The van der Waals surface area contributed by atoms with Crippen molar-refractivity contribution in [2.75, 3.05) is 26.2 Å². The van der Waals surface area contributed by atoms with Crippen LogP contribution in [-0.2, 0) is 26.3 Å². The minimum Gasteiger partial charge on any atom is -0.449 e. The van der Waals surface area contributed by atoms with Gasteiger partial charge in [-0.3, -0.25) is 9.69 Å². The maximum atomic E-state index is 15.4. The summed E-state index contributed by atoms with van der Waals surface area (Å²) in [5, 5.41) is 0. The Hall–Kier alpha value is -2.74. The zero-order valence-electron chi connectivity index (χ0n) is 32.9. The molecule has 9 heterocycles. The molecule has 1 aromatic carbocycles. The van der Waals surface area contributed by atoms with Crippen molar-refractivity contribution in [3.05, 3.63) is 70.0 Å². The summed E-state index contributed by atoms with van der Waals surface area (Å²) in [6.45, 7) is 11.4. The molecule has 7 heteroatoms. The van der Waals surface area contributed by atoms with Crippen molar-refractivity contribution in [1.29, 1.82) is 0 Å². The molecule has 12 bridgehead atoms. The standard InChI is InChI=1S/C47H61N3O4/c1-4-8-32-14-18-39-45-20-19-34-35(16-15-33-27(3)22-30-13-17-37-31-23-28(24-49(32)26-31)25-50(37)42(30)41(33)34)46(45,44(52)53-39)38(9-5-2)47(45)36-12-6-10-29(11-7-21-48)40(36)43(51)54-47/h6,10,12,15-16,18,27-28,30-33,37-38,41-42H,4-5,7-9,11,13-14,17,19-26,48H2,1-3H3/p+1/t27-,28-,30-,31-,32-,33-,37-,38-,41+,42?,45+,46-,47-/m0/s1. The molecule has 0 radical (unpaired) electrons. The predicted octanol–water partition coefficient (Wildman–Crippen LogP) is 6.28. The summed E-state index contributed by atoms with van der Waals surface area (Å²) in [7, 11) is 0. The number of quaternary nitrogens is 1. The van der Waals surface area contributed by atoms with Gasteiger partial charge in [0, 0.05) is 60.7 Å². The first-order chi connectivity index (χ1) is 26.3. The van der Waals surface area contributed by atoms with Crippen LogP contribution in [0.2, 0.25) is 0 Å². The maximum absolute atomic E-state index is 15.4. The molecule has 3 unspecified atom stereocenters. The largest absolute Gasteiger partial charge is 0.449 e. The van der Waals surface area contributed by atoms with Crippen LogP contribution in [-0.4, -0.2) is 61.1 Å². The second kappa shape index (κ2) is 12.1. The summed E-state index contributed by atoms with van der Waals surface area (Å²) in [6.07, 6.45) is 21.0. The lowest BCUT2D eigenvalue weighted by molar-refractivity contribution is -0.976. The van der Waals surface area contributed by atoms with Gasteiger partial charge >= 0.3 is 11.9 Å². The van der Waals surface area contributed by atoms with Crippen LogP contribution in [0.15, 0.2) is 53.3 Å². The van der Waals surface area contributed by atoms with Crippen molar-refractivity contribution >= 4 is 11.9 Å². The number of carbonyl (C=O) groups excluding carboxylic acids is 2. The lowest BCUT2D eigenvalue weighted by Crippen LogP contribution is -3.24. The van der Waals surface area contributed by atoms with Crippen LogP contribution in [0.3, 0.4) is 0 Å². The topological polar surface area (TPSA) is 86.3 Å². The minimum atomic E-state index is -0.936. The van der Waals surface area contributed by atoms with Crippen LogP contribution in [0, 0.1) is 52.3 Å². The van der Waals surface area contributed by atoms with Crippen molar-refractivity contribution in [1.82, 2.24) is 4.90 Å². The molecule has 14 rings (SSSR count). The summed E-state index contributed by atoms with van der Waals surface area (Å²) in [4.78, 5) is 34.7. The van der Waals surface area contributed by atoms with Crippen LogP contribution in [0.5, 0.6) is 0 Å². The van der Waals surface area contributed by atoms with Crippen LogP contribution in [0.25, 0.3) is 0 Å². The van der Waals surface area contributed by atoms with Gasteiger partial charge in [0.05, 0.1) is 29.6 Å². The smallest absolute Gasteiger partial charge is 0.339 e. The van der Waals surface area contributed by atoms with E-state index in [1.165, 1.54) is 50.9 Å². The molecule has 7 nitrogen and oxygen atoms in total. The molecule has 288 valence electrons. The highest BCUT2D eigenvalue weighted by molar-refractivity contribution is 6.00. The number of ether oxygens (including phenoxy) is 2. The number of nitrogens with zero attached hydrogens (tertiary/aromatic N) is 1. The zero-order valence-corrected chi connectivity index (χ0v) is 32.9. The van der Waals surface area contributed by atoms with E-state index in [0.717, 1.165) is 104 Å². The summed E-state index contributed by atoms with van der Waals surface area (Å²) >= 11 is 0. The number of aryl methyl sites for hydroxylation is 1. The lowest BCUT2D eigenvalue weighted by Gasteiger charge is -2.71. The number of benzene rings is 1. The van der Waals surface area contributed by atoms with Crippen molar-refractivity contribution < 1.29 is 24.0 Å². The van der Waals surface area contributed by atoms with Gasteiger partial charge in [-0.25, -0.2) is 4.79 Å². The Bertz CT molecular complexity index is 1880. The van der Waals surface area contributed by atoms with Crippen molar-refractivity contribution in [2.24, 2.45) is 58.0 Å². The van der Waals surface area contributed by atoms with Crippen molar-refractivity contribution in [3.8, 4) is 0 Å². The number of hydrogen-bond acceptors (Lipinski definition) is 6. The van der Waals surface area contributed by atoms with E-state index < -0.39 is 16.4 Å². The third-order valence-corrected chi connectivity index (χ3v) is 17.7. The molecular weight excluding hydrogens is 671 g/mol. The Labute approximate surface area is 322 Å². The van der Waals surface area contributed by atoms with Crippen molar-refractivity contribution in [2.45, 2.75) is 128 Å². The van der Waals surface area contributed by atoms with E-state index in [4.69, 9.17) is 15.2 Å². The SMILES string of the molecule is CCC[C@H]1CC=C2OC(=O)[C@@]34C5=C(CC[C@@]23[C@@]2(OC(=O)c3c(CCCN)cccc32)[C@H]4CCC)[C@@H]2C3[C@@H](CC[C@H]4[C@H]6C[C@@H](CN1C6)C[NH+]34)C[C@H](C)[C@@H]2C=C5. The molecule has 0 amide bonds. The molecule has 15 atom stereocenters. The van der Waals surface area contributed by atoms with Crippen LogP contribution in [0.4, 0.5) is 0 Å². The fraction of sp³-hybridized carbons (Fsp3) is 0.702. The van der Waals surface area contributed by atoms with E-state index in [2.05, 4.69) is 62.1 Å². The van der Waals surface area contributed by atoms with Gasteiger partial charge in [-0.1, -0.05) is 69.5 Å². The van der Waals surface area contributed by atoms with Gasteiger partial charge in [-0.15, -0.1) is 0 Å². The maximum Gasteiger partial charge on any atom is 0.339 e. The number of carbonyl (C=O) groups is 2.